The summed E-state index contributed by atoms with van der Waals surface area (Å²) < 4.78 is 0. The van der Waals surface area contributed by atoms with Crippen LogP contribution in [0.25, 0.3) is 0 Å². The molecule has 1 fully saturated rings. The molecule has 0 spiro atoms. The second-order valence-corrected chi connectivity index (χ2v) is 7.25. The van der Waals surface area contributed by atoms with Crippen LogP contribution < -0.4 is 10.6 Å². The molecule has 1 atom stereocenters. The third kappa shape index (κ3) is 4.14. The fourth-order valence-electron chi connectivity index (χ4n) is 3.37. The second kappa shape index (κ2) is 8.32. The van der Waals surface area contributed by atoms with Crippen molar-refractivity contribution >= 4 is 29.2 Å². The minimum atomic E-state index is -1.27. The molecular weight excluding hydrogens is 388 g/mol. The molecule has 0 unspecified atom stereocenters. The molecule has 1 saturated heterocycles. The Morgan fingerprint density at radius 1 is 1.20 bits per heavy atom. The normalized spacial score (nSPS) is 18.3. The zero-order valence-corrected chi connectivity index (χ0v) is 16.7. The zero-order chi connectivity index (χ0) is 21.9. The predicted octanol–water partition coefficient (Wildman–Crippen LogP) is 2.95. The average molecular weight is 410 g/mol. The minimum Gasteiger partial charge on any atom is -0.324 e. The van der Waals surface area contributed by atoms with Gasteiger partial charge in [-0.1, -0.05) is 43.7 Å². The van der Waals surface area contributed by atoms with Gasteiger partial charge in [0, 0.05) is 17.8 Å². The molecule has 2 N–H and O–H groups in total. The highest BCUT2D eigenvalue weighted by atomic mass is 16.6. The van der Waals surface area contributed by atoms with Crippen LogP contribution in [0.1, 0.15) is 31.4 Å². The first-order chi connectivity index (χ1) is 14.2. The van der Waals surface area contributed by atoms with Crippen LogP contribution in [0.3, 0.4) is 0 Å². The van der Waals surface area contributed by atoms with Gasteiger partial charge in [-0.25, -0.2) is 4.79 Å². The number of anilines is 1. The zero-order valence-electron chi connectivity index (χ0n) is 16.7. The lowest BCUT2D eigenvalue weighted by atomic mass is 9.91. The Labute approximate surface area is 173 Å². The van der Waals surface area contributed by atoms with Gasteiger partial charge >= 0.3 is 6.03 Å². The summed E-state index contributed by atoms with van der Waals surface area (Å²) in [5.74, 6) is -1.17. The third-order valence-electron chi connectivity index (χ3n) is 4.99. The molecule has 2 aromatic rings. The highest BCUT2D eigenvalue weighted by Gasteiger charge is 2.49. The average Bonchev–Trinajstić information content (AvgIpc) is 2.93. The number of carbonyl (C=O) groups excluding carboxylic acids is 3. The lowest BCUT2D eigenvalue weighted by Gasteiger charge is -2.22. The number of amides is 4. The SMILES string of the molecule is CCCc1ccc([C@@]2(C)NC(=O)N(CC(=O)Nc3cccc([N+](=O)[O-])c3)C2=O)cc1. The Bertz CT molecular complexity index is 1000. The Morgan fingerprint density at radius 2 is 1.90 bits per heavy atom. The van der Waals surface area contributed by atoms with Crippen LogP contribution in [-0.4, -0.2) is 34.2 Å². The van der Waals surface area contributed by atoms with Crippen LogP contribution in [-0.2, 0) is 21.5 Å². The lowest BCUT2D eigenvalue weighted by molar-refractivity contribution is -0.384. The number of nitro groups is 1. The number of nitro benzene ring substituents is 1. The van der Waals surface area contributed by atoms with Crippen molar-refractivity contribution in [3.63, 3.8) is 0 Å². The summed E-state index contributed by atoms with van der Waals surface area (Å²) >= 11 is 0. The predicted molar refractivity (Wildman–Crippen MR) is 110 cm³/mol. The summed E-state index contributed by atoms with van der Waals surface area (Å²) in [5.41, 5.74) is 0.516. The number of benzene rings is 2. The summed E-state index contributed by atoms with van der Waals surface area (Å²) in [4.78, 5) is 48.8. The van der Waals surface area contributed by atoms with E-state index in [1.54, 1.807) is 19.1 Å². The maximum atomic E-state index is 13.0. The Hall–Kier alpha value is -3.75. The molecule has 1 aliphatic heterocycles. The molecule has 156 valence electrons. The standard InChI is InChI=1S/C21H22N4O5/c1-3-5-14-8-10-15(11-9-14)21(2)19(27)24(20(28)23-21)13-18(26)22-16-6-4-7-17(12-16)25(29)30/h4,6-12H,3,5,13H2,1-2H3,(H,22,26)(H,23,28)/t21-/m1/s1. The number of urea groups is 1. The van der Waals surface area contributed by atoms with E-state index in [2.05, 4.69) is 17.6 Å². The van der Waals surface area contributed by atoms with E-state index < -0.39 is 34.9 Å². The first-order valence-corrected chi connectivity index (χ1v) is 9.52. The van der Waals surface area contributed by atoms with Crippen LogP contribution in [0.2, 0.25) is 0 Å². The van der Waals surface area contributed by atoms with Crippen molar-refractivity contribution in [1.29, 1.82) is 0 Å². The number of imide groups is 1. The minimum absolute atomic E-state index is 0.179. The highest BCUT2D eigenvalue weighted by Crippen LogP contribution is 2.29. The molecule has 2 aromatic carbocycles. The van der Waals surface area contributed by atoms with Crippen molar-refractivity contribution < 1.29 is 19.3 Å². The molecular formula is C21H22N4O5. The van der Waals surface area contributed by atoms with E-state index >= 15 is 0 Å². The highest BCUT2D eigenvalue weighted by molar-refractivity contribution is 6.10. The van der Waals surface area contributed by atoms with Gasteiger partial charge in [0.1, 0.15) is 12.1 Å². The van der Waals surface area contributed by atoms with Crippen molar-refractivity contribution in [1.82, 2.24) is 10.2 Å². The van der Waals surface area contributed by atoms with Crippen molar-refractivity contribution in [3.05, 3.63) is 69.8 Å². The number of hydrogen-bond donors (Lipinski definition) is 2. The number of nitrogens with one attached hydrogen (secondary N) is 2. The van der Waals surface area contributed by atoms with Gasteiger partial charge in [-0.3, -0.25) is 24.6 Å². The van der Waals surface area contributed by atoms with Crippen molar-refractivity contribution in [3.8, 4) is 0 Å². The van der Waals surface area contributed by atoms with E-state index in [1.807, 2.05) is 12.1 Å². The van der Waals surface area contributed by atoms with Crippen LogP contribution in [0.15, 0.2) is 48.5 Å². The van der Waals surface area contributed by atoms with Gasteiger partial charge in [-0.15, -0.1) is 0 Å². The van der Waals surface area contributed by atoms with E-state index in [1.165, 1.54) is 24.3 Å². The fourth-order valence-corrected chi connectivity index (χ4v) is 3.37. The molecule has 3 rings (SSSR count). The number of nitrogens with zero attached hydrogens (tertiary/aromatic N) is 2. The molecule has 9 heteroatoms. The summed E-state index contributed by atoms with van der Waals surface area (Å²) in [6.07, 6.45) is 1.92. The van der Waals surface area contributed by atoms with E-state index in [4.69, 9.17) is 0 Å². The largest absolute Gasteiger partial charge is 0.325 e. The van der Waals surface area contributed by atoms with Crippen LogP contribution in [0.5, 0.6) is 0 Å². The Kier molecular flexibility index (Phi) is 5.81. The molecule has 4 amide bonds. The van der Waals surface area contributed by atoms with Gasteiger partial charge in [0.15, 0.2) is 0 Å². The van der Waals surface area contributed by atoms with Crippen LogP contribution in [0, 0.1) is 10.1 Å². The van der Waals surface area contributed by atoms with Gasteiger partial charge in [-0.05, 0) is 30.5 Å². The third-order valence-corrected chi connectivity index (χ3v) is 4.99. The lowest BCUT2D eigenvalue weighted by Crippen LogP contribution is -2.42. The smallest absolute Gasteiger partial charge is 0.324 e. The molecule has 0 saturated carbocycles. The molecule has 0 aromatic heterocycles. The van der Waals surface area contributed by atoms with E-state index in [0.29, 0.717) is 5.56 Å². The fraction of sp³-hybridized carbons (Fsp3) is 0.286. The van der Waals surface area contributed by atoms with Gasteiger partial charge in [0.2, 0.25) is 5.91 Å². The van der Waals surface area contributed by atoms with Gasteiger partial charge in [0.05, 0.1) is 4.92 Å². The number of aryl methyl sites for hydroxylation is 1. The maximum Gasteiger partial charge on any atom is 0.325 e. The first kappa shape index (κ1) is 21.0. The monoisotopic (exact) mass is 410 g/mol. The Balaban J connectivity index is 1.72. The first-order valence-electron chi connectivity index (χ1n) is 9.52. The van der Waals surface area contributed by atoms with Gasteiger partial charge in [-0.2, -0.15) is 0 Å². The summed E-state index contributed by atoms with van der Waals surface area (Å²) in [7, 11) is 0. The second-order valence-electron chi connectivity index (χ2n) is 7.25. The number of non-ortho nitro benzene ring substituents is 1. The number of carbonyl (C=O) groups is 3. The van der Waals surface area contributed by atoms with Crippen molar-refractivity contribution in [2.45, 2.75) is 32.2 Å². The Morgan fingerprint density at radius 3 is 2.53 bits per heavy atom. The van der Waals surface area contributed by atoms with Gasteiger partial charge < -0.3 is 10.6 Å². The van der Waals surface area contributed by atoms with Crippen molar-refractivity contribution in [2.75, 3.05) is 11.9 Å². The molecule has 0 radical (unpaired) electrons. The molecule has 30 heavy (non-hydrogen) atoms. The quantitative estimate of drug-likeness (QED) is 0.413. The summed E-state index contributed by atoms with van der Waals surface area (Å²) in [5, 5.41) is 16.0. The van der Waals surface area contributed by atoms with Crippen LogP contribution in [0.4, 0.5) is 16.2 Å². The van der Waals surface area contributed by atoms with E-state index in [9.17, 15) is 24.5 Å². The van der Waals surface area contributed by atoms with Crippen LogP contribution >= 0.6 is 0 Å². The summed E-state index contributed by atoms with van der Waals surface area (Å²) in [6.45, 7) is 3.17. The molecule has 9 nitrogen and oxygen atoms in total. The van der Waals surface area contributed by atoms with E-state index in [0.717, 1.165) is 23.3 Å². The molecule has 0 aliphatic carbocycles. The van der Waals surface area contributed by atoms with Gasteiger partial charge in [0.25, 0.3) is 11.6 Å². The number of rotatable bonds is 7. The molecule has 0 bridgehead atoms. The van der Waals surface area contributed by atoms with E-state index in [-0.39, 0.29) is 11.4 Å². The molecule has 1 aliphatic rings. The molecule has 1 heterocycles. The summed E-state index contributed by atoms with van der Waals surface area (Å²) in [6, 6.07) is 12.2. The maximum absolute atomic E-state index is 13.0. The van der Waals surface area contributed by atoms with Crippen molar-refractivity contribution in [2.24, 2.45) is 0 Å². The topological polar surface area (TPSA) is 122 Å². The number of hydrogen-bond acceptors (Lipinski definition) is 5.